The first-order chi connectivity index (χ1) is 8.19. The van der Waals surface area contributed by atoms with Gasteiger partial charge in [0, 0.05) is 24.7 Å². The van der Waals surface area contributed by atoms with E-state index in [9.17, 15) is 5.11 Å². The van der Waals surface area contributed by atoms with Crippen molar-refractivity contribution in [2.75, 3.05) is 20.1 Å². The standard InChI is InChI=1S/C14H22N2O/c1-11-5-6-14(17)12(8-11)9-16-7-3-4-13(10-16)15-2/h5-6,8,13,15,17H,3-4,7,9-10H2,1-2H3. The van der Waals surface area contributed by atoms with Gasteiger partial charge in [0.15, 0.2) is 0 Å². The molecule has 17 heavy (non-hydrogen) atoms. The summed E-state index contributed by atoms with van der Waals surface area (Å²) >= 11 is 0. The summed E-state index contributed by atoms with van der Waals surface area (Å²) in [5.74, 6) is 0.419. The van der Waals surface area contributed by atoms with Gasteiger partial charge in [-0.1, -0.05) is 17.7 Å². The summed E-state index contributed by atoms with van der Waals surface area (Å²) in [7, 11) is 2.03. The van der Waals surface area contributed by atoms with Gasteiger partial charge in [-0.25, -0.2) is 0 Å². The van der Waals surface area contributed by atoms with E-state index in [0.717, 1.165) is 25.2 Å². The van der Waals surface area contributed by atoms with E-state index in [4.69, 9.17) is 0 Å². The summed E-state index contributed by atoms with van der Waals surface area (Å²) in [5, 5.41) is 13.2. The smallest absolute Gasteiger partial charge is 0.120 e. The number of phenolic OH excluding ortho intramolecular Hbond substituents is 1. The maximum absolute atomic E-state index is 9.85. The van der Waals surface area contributed by atoms with Crippen LogP contribution in [0, 0.1) is 6.92 Å². The molecule has 1 heterocycles. The van der Waals surface area contributed by atoms with Crippen molar-refractivity contribution < 1.29 is 5.11 Å². The fourth-order valence-corrected chi connectivity index (χ4v) is 2.52. The van der Waals surface area contributed by atoms with Crippen LogP contribution in [0.25, 0.3) is 0 Å². The molecule has 0 amide bonds. The summed E-state index contributed by atoms with van der Waals surface area (Å²) in [6.07, 6.45) is 2.49. The van der Waals surface area contributed by atoms with Crippen LogP contribution in [0.4, 0.5) is 0 Å². The highest BCUT2D eigenvalue weighted by atomic mass is 16.3. The van der Waals surface area contributed by atoms with Crippen LogP contribution in [0.1, 0.15) is 24.0 Å². The predicted octanol–water partition coefficient (Wildman–Crippen LogP) is 1.88. The van der Waals surface area contributed by atoms with Crippen LogP contribution in [-0.4, -0.2) is 36.2 Å². The number of nitrogens with one attached hydrogen (secondary N) is 1. The SMILES string of the molecule is CNC1CCCN(Cc2cc(C)ccc2O)C1. The summed E-state index contributed by atoms with van der Waals surface area (Å²) in [6, 6.07) is 6.42. The van der Waals surface area contributed by atoms with Crippen molar-refractivity contribution in [3.63, 3.8) is 0 Å². The molecule has 3 heteroatoms. The zero-order chi connectivity index (χ0) is 12.3. The molecule has 0 spiro atoms. The monoisotopic (exact) mass is 234 g/mol. The third-order valence-corrected chi connectivity index (χ3v) is 3.54. The average molecular weight is 234 g/mol. The lowest BCUT2D eigenvalue weighted by Gasteiger charge is -2.32. The predicted molar refractivity (Wildman–Crippen MR) is 70.2 cm³/mol. The molecule has 1 aromatic carbocycles. The van der Waals surface area contributed by atoms with E-state index in [0.29, 0.717) is 11.8 Å². The topological polar surface area (TPSA) is 35.5 Å². The fraction of sp³-hybridized carbons (Fsp3) is 0.571. The maximum Gasteiger partial charge on any atom is 0.120 e. The largest absolute Gasteiger partial charge is 0.508 e. The number of likely N-dealkylation sites (N-methyl/N-ethyl adjacent to an activating group) is 1. The molecule has 1 aliphatic rings. The zero-order valence-electron chi connectivity index (χ0n) is 10.7. The number of aromatic hydroxyl groups is 1. The van der Waals surface area contributed by atoms with Gasteiger partial charge in [-0.05, 0) is 39.4 Å². The highest BCUT2D eigenvalue weighted by molar-refractivity contribution is 5.35. The minimum absolute atomic E-state index is 0.419. The van der Waals surface area contributed by atoms with Crippen molar-refractivity contribution >= 4 is 0 Å². The van der Waals surface area contributed by atoms with Gasteiger partial charge in [0.1, 0.15) is 5.75 Å². The molecule has 0 saturated carbocycles. The van der Waals surface area contributed by atoms with E-state index in [-0.39, 0.29) is 0 Å². The van der Waals surface area contributed by atoms with Gasteiger partial charge >= 0.3 is 0 Å². The van der Waals surface area contributed by atoms with Crippen molar-refractivity contribution in [1.82, 2.24) is 10.2 Å². The minimum Gasteiger partial charge on any atom is -0.508 e. The van der Waals surface area contributed by atoms with E-state index in [1.807, 2.05) is 13.1 Å². The molecule has 1 aromatic rings. The number of likely N-dealkylation sites (tertiary alicyclic amines) is 1. The number of nitrogens with zero attached hydrogens (tertiary/aromatic N) is 1. The number of hydrogen-bond acceptors (Lipinski definition) is 3. The third-order valence-electron chi connectivity index (χ3n) is 3.54. The molecule has 2 rings (SSSR count). The lowest BCUT2D eigenvalue weighted by Crippen LogP contribution is -2.43. The van der Waals surface area contributed by atoms with Crippen molar-refractivity contribution in [2.45, 2.75) is 32.4 Å². The van der Waals surface area contributed by atoms with Crippen LogP contribution in [-0.2, 0) is 6.54 Å². The highest BCUT2D eigenvalue weighted by Gasteiger charge is 2.19. The summed E-state index contributed by atoms with van der Waals surface area (Å²) in [5.41, 5.74) is 2.25. The number of hydrogen-bond donors (Lipinski definition) is 2. The van der Waals surface area contributed by atoms with Gasteiger partial charge in [-0.15, -0.1) is 0 Å². The number of benzene rings is 1. The molecule has 94 valence electrons. The van der Waals surface area contributed by atoms with Crippen molar-refractivity contribution in [1.29, 1.82) is 0 Å². The first kappa shape index (κ1) is 12.4. The molecule has 0 aliphatic carbocycles. The zero-order valence-corrected chi connectivity index (χ0v) is 10.7. The van der Waals surface area contributed by atoms with E-state index in [1.165, 1.54) is 18.4 Å². The lowest BCUT2D eigenvalue weighted by atomic mass is 10.0. The first-order valence-electron chi connectivity index (χ1n) is 6.37. The molecule has 0 bridgehead atoms. The number of rotatable bonds is 3. The van der Waals surface area contributed by atoms with Crippen LogP contribution in [0.15, 0.2) is 18.2 Å². The Kier molecular flexibility index (Phi) is 4.02. The molecule has 1 fully saturated rings. The van der Waals surface area contributed by atoms with Gasteiger partial charge in [0.05, 0.1) is 0 Å². The summed E-state index contributed by atoms with van der Waals surface area (Å²) in [4.78, 5) is 2.42. The maximum atomic E-state index is 9.85. The van der Waals surface area contributed by atoms with Crippen LogP contribution in [0.5, 0.6) is 5.75 Å². The van der Waals surface area contributed by atoms with Gasteiger partial charge < -0.3 is 10.4 Å². The van der Waals surface area contributed by atoms with Gasteiger partial charge in [-0.3, -0.25) is 4.90 Å². The molecule has 0 aromatic heterocycles. The number of aryl methyl sites for hydroxylation is 1. The molecule has 3 nitrogen and oxygen atoms in total. The first-order valence-corrected chi connectivity index (χ1v) is 6.37. The molecule has 1 aliphatic heterocycles. The molecule has 1 saturated heterocycles. The molecule has 1 unspecified atom stereocenters. The normalized spacial score (nSPS) is 21.6. The Morgan fingerprint density at radius 1 is 1.47 bits per heavy atom. The number of piperidine rings is 1. The second kappa shape index (κ2) is 5.52. The van der Waals surface area contributed by atoms with E-state index < -0.39 is 0 Å². The third kappa shape index (κ3) is 3.20. The Morgan fingerprint density at radius 2 is 2.29 bits per heavy atom. The van der Waals surface area contributed by atoms with E-state index >= 15 is 0 Å². The van der Waals surface area contributed by atoms with Crippen LogP contribution in [0.2, 0.25) is 0 Å². The van der Waals surface area contributed by atoms with E-state index in [1.54, 1.807) is 6.07 Å². The van der Waals surface area contributed by atoms with Gasteiger partial charge in [-0.2, -0.15) is 0 Å². The van der Waals surface area contributed by atoms with E-state index in [2.05, 4.69) is 23.2 Å². The Morgan fingerprint density at radius 3 is 3.06 bits per heavy atom. The van der Waals surface area contributed by atoms with Crippen LogP contribution >= 0.6 is 0 Å². The Labute approximate surface area is 103 Å². The second-order valence-electron chi connectivity index (χ2n) is 5.00. The molecule has 1 atom stereocenters. The summed E-state index contributed by atoms with van der Waals surface area (Å²) in [6.45, 7) is 5.12. The minimum atomic E-state index is 0.419. The van der Waals surface area contributed by atoms with Crippen molar-refractivity contribution in [2.24, 2.45) is 0 Å². The lowest BCUT2D eigenvalue weighted by molar-refractivity contribution is 0.186. The molecule has 2 N–H and O–H groups in total. The fourth-order valence-electron chi connectivity index (χ4n) is 2.52. The quantitative estimate of drug-likeness (QED) is 0.838. The van der Waals surface area contributed by atoms with Crippen LogP contribution < -0.4 is 5.32 Å². The summed E-state index contributed by atoms with van der Waals surface area (Å²) < 4.78 is 0. The Hall–Kier alpha value is -1.06. The molecular formula is C14H22N2O. The highest BCUT2D eigenvalue weighted by Crippen LogP contribution is 2.21. The van der Waals surface area contributed by atoms with Gasteiger partial charge in [0.25, 0.3) is 0 Å². The van der Waals surface area contributed by atoms with Crippen LogP contribution in [0.3, 0.4) is 0 Å². The Bertz CT molecular complexity index is 378. The number of phenols is 1. The second-order valence-corrected chi connectivity index (χ2v) is 5.00. The van der Waals surface area contributed by atoms with Gasteiger partial charge in [0.2, 0.25) is 0 Å². The Balaban J connectivity index is 2.02. The molecule has 0 radical (unpaired) electrons. The average Bonchev–Trinajstić information content (AvgIpc) is 2.34. The van der Waals surface area contributed by atoms with Crippen molar-refractivity contribution in [3.8, 4) is 5.75 Å². The molecular weight excluding hydrogens is 212 g/mol. The van der Waals surface area contributed by atoms with Crippen molar-refractivity contribution in [3.05, 3.63) is 29.3 Å².